The first-order valence-corrected chi connectivity index (χ1v) is 11.6. The lowest BCUT2D eigenvalue weighted by molar-refractivity contribution is 0.204. The summed E-state index contributed by atoms with van der Waals surface area (Å²) >= 11 is 0. The third-order valence-corrected chi connectivity index (χ3v) is 5.85. The molecule has 1 aliphatic rings. The SMILES string of the molecule is CCCCCN1C(=O)NC(c2ccc(OCC)cc2)C(c2nc(-c3cccc(F)c3)no2)=C1C. The highest BCUT2D eigenvalue weighted by atomic mass is 19.1. The topological polar surface area (TPSA) is 80.5 Å². The number of carbonyl (C=O) groups excluding carboxylic acids is 1. The molecule has 34 heavy (non-hydrogen) atoms. The van der Waals surface area contributed by atoms with Crippen LogP contribution in [0.3, 0.4) is 0 Å². The van der Waals surface area contributed by atoms with Crippen LogP contribution in [0.15, 0.2) is 58.8 Å². The number of rotatable bonds is 9. The van der Waals surface area contributed by atoms with Crippen LogP contribution in [0, 0.1) is 5.82 Å². The second-order valence-corrected chi connectivity index (χ2v) is 8.18. The Balaban J connectivity index is 1.75. The maximum absolute atomic E-state index is 13.7. The van der Waals surface area contributed by atoms with Gasteiger partial charge in [0, 0.05) is 17.8 Å². The van der Waals surface area contributed by atoms with Gasteiger partial charge in [0.25, 0.3) is 5.89 Å². The molecular formula is C26H29FN4O3. The number of benzene rings is 2. The van der Waals surface area contributed by atoms with Crippen molar-refractivity contribution < 1.29 is 18.4 Å². The van der Waals surface area contributed by atoms with Crippen LogP contribution in [0.1, 0.15) is 57.5 Å². The van der Waals surface area contributed by atoms with Crippen LogP contribution in [-0.2, 0) is 0 Å². The van der Waals surface area contributed by atoms with E-state index in [0.717, 1.165) is 41.8 Å². The average molecular weight is 465 g/mol. The van der Waals surface area contributed by atoms with Crippen LogP contribution >= 0.6 is 0 Å². The number of urea groups is 1. The number of ether oxygens (including phenoxy) is 1. The number of nitrogens with one attached hydrogen (secondary N) is 1. The summed E-state index contributed by atoms with van der Waals surface area (Å²) in [6.07, 6.45) is 2.97. The van der Waals surface area contributed by atoms with Crippen molar-refractivity contribution in [3.05, 3.63) is 71.5 Å². The van der Waals surface area contributed by atoms with Crippen LogP contribution in [0.5, 0.6) is 5.75 Å². The molecule has 2 amide bonds. The highest BCUT2D eigenvalue weighted by Gasteiger charge is 2.35. The Morgan fingerprint density at radius 2 is 1.94 bits per heavy atom. The molecule has 0 saturated carbocycles. The number of aromatic nitrogens is 2. The predicted molar refractivity (Wildman–Crippen MR) is 127 cm³/mol. The second kappa shape index (κ2) is 10.5. The third kappa shape index (κ3) is 4.95. The molecule has 0 aliphatic carbocycles. The van der Waals surface area contributed by atoms with E-state index in [1.807, 2.05) is 38.1 Å². The number of amides is 2. The molecule has 1 aromatic heterocycles. The van der Waals surface area contributed by atoms with E-state index < -0.39 is 6.04 Å². The van der Waals surface area contributed by atoms with E-state index in [2.05, 4.69) is 22.4 Å². The van der Waals surface area contributed by atoms with Gasteiger partial charge in [0.15, 0.2) is 0 Å². The summed E-state index contributed by atoms with van der Waals surface area (Å²) in [4.78, 5) is 19.3. The van der Waals surface area contributed by atoms with Gasteiger partial charge in [-0.05, 0) is 50.1 Å². The number of hydrogen-bond donors (Lipinski definition) is 1. The molecule has 1 N–H and O–H groups in total. The molecule has 1 unspecified atom stereocenters. The van der Waals surface area contributed by atoms with Gasteiger partial charge in [-0.15, -0.1) is 0 Å². The fourth-order valence-corrected chi connectivity index (χ4v) is 4.10. The number of carbonyl (C=O) groups is 1. The Morgan fingerprint density at radius 1 is 1.15 bits per heavy atom. The molecule has 3 aromatic rings. The number of unbranched alkanes of at least 4 members (excludes halogenated alkanes) is 2. The van der Waals surface area contributed by atoms with Crippen molar-refractivity contribution in [2.45, 2.75) is 46.1 Å². The van der Waals surface area contributed by atoms with E-state index in [1.54, 1.807) is 17.0 Å². The molecule has 0 bridgehead atoms. The largest absolute Gasteiger partial charge is 0.494 e. The summed E-state index contributed by atoms with van der Waals surface area (Å²) in [6.45, 7) is 7.11. The van der Waals surface area contributed by atoms with Gasteiger partial charge >= 0.3 is 6.03 Å². The molecule has 0 saturated heterocycles. The molecule has 0 spiro atoms. The summed E-state index contributed by atoms with van der Waals surface area (Å²) in [5.74, 6) is 0.951. The zero-order chi connectivity index (χ0) is 24.1. The van der Waals surface area contributed by atoms with Gasteiger partial charge in [-0.25, -0.2) is 9.18 Å². The second-order valence-electron chi connectivity index (χ2n) is 8.18. The van der Waals surface area contributed by atoms with Gasteiger partial charge < -0.3 is 14.6 Å². The first-order valence-electron chi connectivity index (χ1n) is 11.6. The molecular weight excluding hydrogens is 435 g/mol. The smallest absolute Gasteiger partial charge is 0.322 e. The highest BCUT2D eigenvalue weighted by molar-refractivity contribution is 5.86. The van der Waals surface area contributed by atoms with E-state index in [1.165, 1.54) is 12.1 Å². The Morgan fingerprint density at radius 3 is 2.65 bits per heavy atom. The Bertz CT molecular complexity index is 1170. The molecule has 8 heteroatoms. The van der Waals surface area contributed by atoms with Crippen LogP contribution in [0.25, 0.3) is 17.0 Å². The first-order chi connectivity index (χ1) is 16.5. The van der Waals surface area contributed by atoms with Gasteiger partial charge in [0.1, 0.15) is 11.6 Å². The minimum Gasteiger partial charge on any atom is -0.494 e. The van der Waals surface area contributed by atoms with Gasteiger partial charge in [0.2, 0.25) is 5.82 Å². The minimum absolute atomic E-state index is 0.166. The zero-order valence-corrected chi connectivity index (χ0v) is 19.7. The monoisotopic (exact) mass is 464 g/mol. The Hall–Kier alpha value is -3.68. The van der Waals surface area contributed by atoms with Gasteiger partial charge in [-0.2, -0.15) is 4.98 Å². The van der Waals surface area contributed by atoms with Crippen molar-refractivity contribution in [2.24, 2.45) is 0 Å². The summed E-state index contributed by atoms with van der Waals surface area (Å²) in [5.41, 5.74) is 2.86. The predicted octanol–water partition coefficient (Wildman–Crippen LogP) is 5.96. The summed E-state index contributed by atoms with van der Waals surface area (Å²) in [5, 5.41) is 7.18. The summed E-state index contributed by atoms with van der Waals surface area (Å²) in [7, 11) is 0. The zero-order valence-electron chi connectivity index (χ0n) is 19.7. The molecule has 2 heterocycles. The molecule has 1 aliphatic heterocycles. The first kappa shape index (κ1) is 23.5. The van der Waals surface area contributed by atoms with Crippen LogP contribution < -0.4 is 10.1 Å². The Kier molecular flexibility index (Phi) is 7.25. The van der Waals surface area contributed by atoms with Crippen molar-refractivity contribution in [3.63, 3.8) is 0 Å². The molecule has 1 atom stereocenters. The fraction of sp³-hybridized carbons (Fsp3) is 0.346. The lowest BCUT2D eigenvalue weighted by atomic mass is 9.94. The van der Waals surface area contributed by atoms with Gasteiger partial charge in [-0.3, -0.25) is 4.90 Å². The molecule has 0 radical (unpaired) electrons. The van der Waals surface area contributed by atoms with Crippen molar-refractivity contribution in [1.29, 1.82) is 0 Å². The molecule has 0 fully saturated rings. The van der Waals surface area contributed by atoms with Gasteiger partial charge in [0.05, 0.1) is 18.2 Å². The quantitative estimate of drug-likeness (QED) is 0.395. The van der Waals surface area contributed by atoms with E-state index >= 15 is 0 Å². The fourth-order valence-electron chi connectivity index (χ4n) is 4.10. The van der Waals surface area contributed by atoms with E-state index in [9.17, 15) is 9.18 Å². The Labute approximate surface area is 198 Å². The standard InChI is InChI=1S/C26H29FN4O3/c1-4-6-7-15-31-17(3)22(25-29-24(30-34-25)19-9-8-10-20(27)16-19)23(28-26(31)32)18-11-13-21(14-12-18)33-5-2/h8-14,16,23H,4-7,15H2,1-3H3,(H,28,32). The van der Waals surface area contributed by atoms with E-state index in [0.29, 0.717) is 18.7 Å². The molecule has 2 aromatic carbocycles. The number of hydrogen-bond acceptors (Lipinski definition) is 5. The number of allylic oxidation sites excluding steroid dienone is 1. The summed E-state index contributed by atoms with van der Waals surface area (Å²) in [6, 6.07) is 13.0. The van der Waals surface area contributed by atoms with Crippen molar-refractivity contribution >= 4 is 11.6 Å². The highest BCUT2D eigenvalue weighted by Crippen LogP contribution is 2.38. The maximum atomic E-state index is 13.7. The van der Waals surface area contributed by atoms with Crippen LogP contribution in [-0.4, -0.2) is 34.2 Å². The van der Waals surface area contributed by atoms with Crippen molar-refractivity contribution in [3.8, 4) is 17.1 Å². The summed E-state index contributed by atoms with van der Waals surface area (Å²) < 4.78 is 24.9. The molecule has 4 rings (SSSR count). The molecule has 7 nitrogen and oxygen atoms in total. The number of nitrogens with zero attached hydrogens (tertiary/aromatic N) is 3. The van der Waals surface area contributed by atoms with Crippen molar-refractivity contribution in [2.75, 3.05) is 13.2 Å². The van der Waals surface area contributed by atoms with E-state index in [4.69, 9.17) is 9.26 Å². The van der Waals surface area contributed by atoms with E-state index in [-0.39, 0.29) is 23.6 Å². The molecule has 178 valence electrons. The number of halogens is 1. The minimum atomic E-state index is -0.480. The van der Waals surface area contributed by atoms with Crippen LogP contribution in [0.4, 0.5) is 9.18 Å². The van der Waals surface area contributed by atoms with Crippen molar-refractivity contribution in [1.82, 2.24) is 20.4 Å². The third-order valence-electron chi connectivity index (χ3n) is 5.85. The lowest BCUT2D eigenvalue weighted by Gasteiger charge is -2.35. The van der Waals surface area contributed by atoms with Gasteiger partial charge in [-0.1, -0.05) is 49.2 Å². The normalized spacial score (nSPS) is 16.1. The average Bonchev–Trinajstić information content (AvgIpc) is 3.31. The van der Waals surface area contributed by atoms with Crippen LogP contribution in [0.2, 0.25) is 0 Å². The maximum Gasteiger partial charge on any atom is 0.322 e. The lowest BCUT2D eigenvalue weighted by Crippen LogP contribution is -2.46.